The second-order valence-electron chi connectivity index (χ2n) is 20.0. The number of hydrogen-bond donors (Lipinski definition) is 8. The predicted molar refractivity (Wildman–Crippen MR) is 270 cm³/mol. The second kappa shape index (κ2) is 45.0. The predicted octanol–water partition coefficient (Wildman–Crippen LogP) is 11.2. The Morgan fingerprint density at radius 2 is 0.894 bits per heavy atom. The van der Waals surface area contributed by atoms with E-state index in [0.29, 0.717) is 12.8 Å². The molecule has 1 saturated heterocycles. The zero-order valence-electron chi connectivity index (χ0n) is 42.7. The molecule has 1 heterocycles. The van der Waals surface area contributed by atoms with Crippen molar-refractivity contribution in [3.63, 3.8) is 0 Å². The molecule has 1 aliphatic heterocycles. The van der Waals surface area contributed by atoms with Crippen LogP contribution in [-0.2, 0) is 14.3 Å². The number of nitrogens with one attached hydrogen (secondary N) is 1. The number of unbranched alkanes of at least 4 members (excludes halogenated alkanes) is 34. The Labute approximate surface area is 404 Å². The van der Waals surface area contributed by atoms with Crippen LogP contribution in [0.15, 0.2) is 12.2 Å². The summed E-state index contributed by atoms with van der Waals surface area (Å²) in [4.78, 5) is 13.2. The van der Waals surface area contributed by atoms with Gasteiger partial charge in [0.2, 0.25) is 5.91 Å². The molecule has 0 bridgehead atoms. The van der Waals surface area contributed by atoms with Crippen LogP contribution in [0.25, 0.3) is 0 Å². The number of aliphatic hydroxyl groups excluding tert-OH is 7. The summed E-state index contributed by atoms with van der Waals surface area (Å²) in [7, 11) is 0. The second-order valence-corrected chi connectivity index (χ2v) is 20.0. The fraction of sp³-hybridized carbons (Fsp3) is 0.945. The zero-order valence-corrected chi connectivity index (χ0v) is 42.7. The van der Waals surface area contributed by atoms with Crippen molar-refractivity contribution in [1.29, 1.82) is 0 Å². The molecule has 0 aliphatic carbocycles. The Balaban J connectivity index is 2.31. The van der Waals surface area contributed by atoms with Gasteiger partial charge in [-0.3, -0.25) is 4.79 Å². The molecule has 11 heteroatoms. The van der Waals surface area contributed by atoms with Gasteiger partial charge < -0.3 is 50.5 Å². The van der Waals surface area contributed by atoms with Crippen molar-refractivity contribution in [2.75, 3.05) is 13.2 Å². The van der Waals surface area contributed by atoms with Gasteiger partial charge in [-0.05, 0) is 38.5 Å². The van der Waals surface area contributed by atoms with Crippen molar-refractivity contribution in [1.82, 2.24) is 5.32 Å². The van der Waals surface area contributed by atoms with E-state index in [1.54, 1.807) is 0 Å². The molecule has 0 aromatic heterocycles. The van der Waals surface area contributed by atoms with Gasteiger partial charge in [-0.25, -0.2) is 0 Å². The molecule has 1 amide bonds. The monoisotopic (exact) mass is 942 g/mol. The number of hydrogen-bond acceptors (Lipinski definition) is 10. The first-order chi connectivity index (χ1) is 32.2. The molecule has 1 aliphatic rings. The van der Waals surface area contributed by atoms with Crippen LogP contribution in [0.3, 0.4) is 0 Å². The van der Waals surface area contributed by atoms with Crippen LogP contribution in [-0.4, -0.2) is 110 Å². The Hall–Kier alpha value is -1.15. The molecule has 9 unspecified atom stereocenters. The molecule has 66 heavy (non-hydrogen) atoms. The molecule has 1 fully saturated rings. The Bertz CT molecular complexity index is 1080. The SMILES string of the molecule is CCCCCCCCCCCC/C=C/CCCC(O)C(O)C(COC1OC(CO)C(O)C(O)C1O)NC(=O)C(O)CCCCCCCCCCCCCCCCCCCCCCCCCC. The summed E-state index contributed by atoms with van der Waals surface area (Å²) >= 11 is 0. The Kier molecular flexibility index (Phi) is 42.9. The highest BCUT2D eigenvalue weighted by atomic mass is 16.7. The molecular formula is C55H107NO10. The van der Waals surface area contributed by atoms with Crippen molar-refractivity contribution >= 4 is 5.91 Å². The third-order valence-electron chi connectivity index (χ3n) is 13.8. The van der Waals surface area contributed by atoms with Gasteiger partial charge in [0.1, 0.15) is 36.6 Å². The molecule has 8 N–H and O–H groups in total. The molecule has 0 saturated carbocycles. The molecule has 0 aromatic carbocycles. The number of amides is 1. The van der Waals surface area contributed by atoms with E-state index in [0.717, 1.165) is 38.5 Å². The minimum atomic E-state index is -1.66. The fourth-order valence-electron chi connectivity index (χ4n) is 9.21. The van der Waals surface area contributed by atoms with Crippen molar-refractivity contribution in [3.8, 4) is 0 Å². The van der Waals surface area contributed by atoms with Crippen molar-refractivity contribution in [3.05, 3.63) is 12.2 Å². The highest BCUT2D eigenvalue weighted by Gasteiger charge is 2.44. The molecule has 0 radical (unpaired) electrons. The van der Waals surface area contributed by atoms with Gasteiger partial charge in [0.15, 0.2) is 6.29 Å². The lowest BCUT2D eigenvalue weighted by Crippen LogP contribution is -2.60. The Morgan fingerprint density at radius 3 is 1.30 bits per heavy atom. The van der Waals surface area contributed by atoms with E-state index in [9.17, 15) is 40.5 Å². The van der Waals surface area contributed by atoms with E-state index in [-0.39, 0.29) is 12.8 Å². The van der Waals surface area contributed by atoms with Crippen molar-refractivity contribution < 1.29 is 50.0 Å². The van der Waals surface area contributed by atoms with E-state index in [1.807, 2.05) is 0 Å². The molecule has 392 valence electrons. The molecule has 0 aromatic rings. The van der Waals surface area contributed by atoms with Crippen molar-refractivity contribution in [2.24, 2.45) is 0 Å². The minimum Gasteiger partial charge on any atom is -0.394 e. The molecular weight excluding hydrogens is 835 g/mol. The lowest BCUT2D eigenvalue weighted by Gasteiger charge is -2.40. The normalized spacial score (nSPS) is 20.8. The lowest BCUT2D eigenvalue weighted by molar-refractivity contribution is -0.303. The zero-order chi connectivity index (χ0) is 48.3. The first-order valence-corrected chi connectivity index (χ1v) is 28.1. The number of aliphatic hydroxyl groups is 7. The standard InChI is InChI=1S/C55H107NO10/c1-3-5-7-9-11-13-15-17-19-20-21-22-23-24-25-26-27-29-31-33-35-37-39-41-43-48(59)54(64)56-46(45-65-55-53(63)52(62)51(61)49(44-57)66-55)50(60)47(58)42-40-38-36-34-32-30-28-18-16-14-12-10-8-6-4-2/h34,36,46-53,55,57-63H,3-33,35,37-45H2,1-2H3,(H,56,64)/b36-34+. The van der Waals surface area contributed by atoms with Gasteiger partial charge in [0.25, 0.3) is 0 Å². The van der Waals surface area contributed by atoms with Gasteiger partial charge in [0.05, 0.1) is 25.4 Å². The molecule has 1 rings (SSSR count). The largest absolute Gasteiger partial charge is 0.394 e. The third-order valence-corrected chi connectivity index (χ3v) is 13.8. The van der Waals surface area contributed by atoms with Crippen LogP contribution < -0.4 is 5.32 Å². The number of allylic oxidation sites excluding steroid dienone is 2. The minimum absolute atomic E-state index is 0.259. The van der Waals surface area contributed by atoms with Gasteiger partial charge in [-0.15, -0.1) is 0 Å². The van der Waals surface area contributed by atoms with Crippen molar-refractivity contribution in [2.45, 2.75) is 319 Å². The summed E-state index contributed by atoms with van der Waals surface area (Å²) in [6.45, 7) is 3.46. The first-order valence-electron chi connectivity index (χ1n) is 28.1. The van der Waals surface area contributed by atoms with E-state index < -0.39 is 74.2 Å². The van der Waals surface area contributed by atoms with Crippen LogP contribution in [0.4, 0.5) is 0 Å². The maximum Gasteiger partial charge on any atom is 0.249 e. The average Bonchev–Trinajstić information content (AvgIpc) is 3.32. The highest BCUT2D eigenvalue weighted by molar-refractivity contribution is 5.80. The smallest absolute Gasteiger partial charge is 0.249 e. The van der Waals surface area contributed by atoms with Gasteiger partial charge in [0, 0.05) is 0 Å². The quantitative estimate of drug-likeness (QED) is 0.0215. The lowest BCUT2D eigenvalue weighted by atomic mass is 9.98. The average molecular weight is 942 g/mol. The summed E-state index contributed by atoms with van der Waals surface area (Å²) in [6, 6.07) is -1.18. The van der Waals surface area contributed by atoms with E-state index >= 15 is 0 Å². The summed E-state index contributed by atoms with van der Waals surface area (Å²) in [5, 5.41) is 76.0. The molecule has 9 atom stereocenters. The maximum absolute atomic E-state index is 13.2. The van der Waals surface area contributed by atoms with Gasteiger partial charge in [-0.2, -0.15) is 0 Å². The third kappa shape index (κ3) is 33.4. The van der Waals surface area contributed by atoms with Crippen LogP contribution in [0.5, 0.6) is 0 Å². The molecule has 0 spiro atoms. The van der Waals surface area contributed by atoms with E-state index in [2.05, 4.69) is 31.3 Å². The number of rotatable bonds is 48. The number of carbonyl (C=O) groups is 1. The van der Waals surface area contributed by atoms with E-state index in [4.69, 9.17) is 9.47 Å². The van der Waals surface area contributed by atoms with Gasteiger partial charge in [-0.1, -0.05) is 238 Å². The first kappa shape index (κ1) is 62.9. The fourth-order valence-corrected chi connectivity index (χ4v) is 9.21. The van der Waals surface area contributed by atoms with Crippen LogP contribution in [0.1, 0.15) is 264 Å². The number of ether oxygens (including phenoxy) is 2. The summed E-state index contributed by atoms with van der Waals surface area (Å²) in [6.07, 6.45) is 39.8. The maximum atomic E-state index is 13.2. The topological polar surface area (TPSA) is 189 Å². The summed E-state index contributed by atoms with van der Waals surface area (Å²) < 4.78 is 11.1. The van der Waals surface area contributed by atoms with Crippen LogP contribution in [0.2, 0.25) is 0 Å². The summed E-state index contributed by atoms with van der Waals surface area (Å²) in [5.74, 6) is -0.701. The van der Waals surface area contributed by atoms with Crippen LogP contribution >= 0.6 is 0 Å². The van der Waals surface area contributed by atoms with Crippen LogP contribution in [0, 0.1) is 0 Å². The highest BCUT2D eigenvalue weighted by Crippen LogP contribution is 2.23. The number of carbonyl (C=O) groups excluding carboxylic acids is 1. The summed E-state index contributed by atoms with van der Waals surface area (Å²) in [5.41, 5.74) is 0. The van der Waals surface area contributed by atoms with Gasteiger partial charge >= 0.3 is 0 Å². The van der Waals surface area contributed by atoms with E-state index in [1.165, 1.54) is 186 Å². The Morgan fingerprint density at radius 1 is 0.515 bits per heavy atom. The molecule has 11 nitrogen and oxygen atoms in total.